The van der Waals surface area contributed by atoms with Crippen LogP contribution in [-0.4, -0.2) is 9.97 Å². The van der Waals surface area contributed by atoms with Gasteiger partial charge >= 0.3 is 0 Å². The van der Waals surface area contributed by atoms with Gasteiger partial charge in [0, 0.05) is 21.4 Å². The molecule has 0 aliphatic carbocycles. The standard InChI is InChI=1S/C18H19N3S2/c1-12(2)15-6-4-5-7-16(15)23-14-8-9-19-17(10-14)21-18-20-13(3)11-22-18/h4-12H,1-3H3,(H,19,20,21). The minimum absolute atomic E-state index is 0.511. The number of nitrogens with zero attached hydrogens (tertiary/aromatic N) is 2. The Labute approximate surface area is 145 Å². The summed E-state index contributed by atoms with van der Waals surface area (Å²) < 4.78 is 0. The number of nitrogens with one attached hydrogen (secondary N) is 1. The lowest BCUT2D eigenvalue weighted by molar-refractivity contribution is 0.842. The maximum Gasteiger partial charge on any atom is 0.188 e. The molecule has 0 amide bonds. The molecule has 0 unspecified atom stereocenters. The van der Waals surface area contributed by atoms with Crippen LogP contribution in [0, 0.1) is 6.92 Å². The van der Waals surface area contributed by atoms with Crippen molar-refractivity contribution in [1.29, 1.82) is 0 Å². The molecule has 1 aromatic carbocycles. The van der Waals surface area contributed by atoms with E-state index in [1.54, 1.807) is 23.1 Å². The zero-order valence-electron chi connectivity index (χ0n) is 13.4. The fraction of sp³-hybridized carbons (Fsp3) is 0.222. The number of pyridine rings is 1. The van der Waals surface area contributed by atoms with E-state index in [1.807, 2.05) is 24.6 Å². The lowest BCUT2D eigenvalue weighted by Gasteiger charge is -2.12. The van der Waals surface area contributed by atoms with E-state index in [2.05, 4.69) is 59.5 Å². The highest BCUT2D eigenvalue weighted by molar-refractivity contribution is 7.99. The fourth-order valence-corrected chi connectivity index (χ4v) is 4.06. The number of aromatic nitrogens is 2. The summed E-state index contributed by atoms with van der Waals surface area (Å²) in [4.78, 5) is 11.3. The average Bonchev–Trinajstić information content (AvgIpc) is 2.93. The van der Waals surface area contributed by atoms with E-state index in [4.69, 9.17) is 0 Å². The van der Waals surface area contributed by atoms with Gasteiger partial charge in [0.1, 0.15) is 5.82 Å². The number of hydrogen-bond acceptors (Lipinski definition) is 5. The monoisotopic (exact) mass is 341 g/mol. The van der Waals surface area contributed by atoms with Gasteiger partial charge in [-0.15, -0.1) is 11.3 Å². The molecule has 2 aromatic heterocycles. The van der Waals surface area contributed by atoms with Crippen LogP contribution in [-0.2, 0) is 0 Å². The highest BCUT2D eigenvalue weighted by Crippen LogP contribution is 2.34. The van der Waals surface area contributed by atoms with Crippen LogP contribution < -0.4 is 5.32 Å². The Morgan fingerprint density at radius 3 is 2.74 bits per heavy atom. The molecule has 3 nitrogen and oxygen atoms in total. The summed E-state index contributed by atoms with van der Waals surface area (Å²) in [5.41, 5.74) is 2.40. The number of anilines is 2. The molecular formula is C18H19N3S2. The normalized spacial score (nSPS) is 11.0. The molecule has 23 heavy (non-hydrogen) atoms. The molecule has 2 heterocycles. The van der Waals surface area contributed by atoms with Gasteiger partial charge in [0.15, 0.2) is 5.13 Å². The Morgan fingerprint density at radius 1 is 1.17 bits per heavy atom. The van der Waals surface area contributed by atoms with E-state index >= 15 is 0 Å². The Kier molecular flexibility index (Phi) is 4.98. The first kappa shape index (κ1) is 16.0. The van der Waals surface area contributed by atoms with Crippen molar-refractivity contribution in [2.75, 3.05) is 5.32 Å². The Hall–Kier alpha value is -1.85. The summed E-state index contributed by atoms with van der Waals surface area (Å²) in [6.07, 6.45) is 1.84. The predicted octanol–water partition coefficient (Wildman–Crippen LogP) is 5.86. The number of thiazole rings is 1. The van der Waals surface area contributed by atoms with Gasteiger partial charge in [-0.2, -0.15) is 0 Å². The van der Waals surface area contributed by atoms with Crippen LogP contribution in [0.1, 0.15) is 31.0 Å². The Bertz CT molecular complexity index is 796. The lowest BCUT2D eigenvalue weighted by Crippen LogP contribution is -1.93. The molecule has 0 saturated carbocycles. The predicted molar refractivity (Wildman–Crippen MR) is 99.0 cm³/mol. The third kappa shape index (κ3) is 4.12. The SMILES string of the molecule is Cc1csc(Nc2cc(Sc3ccccc3C(C)C)ccn2)n1. The minimum atomic E-state index is 0.511. The zero-order chi connectivity index (χ0) is 16.2. The molecule has 0 aliphatic rings. The summed E-state index contributed by atoms with van der Waals surface area (Å²) in [5, 5.41) is 6.17. The number of hydrogen-bond donors (Lipinski definition) is 1. The third-order valence-electron chi connectivity index (χ3n) is 3.35. The van der Waals surface area contributed by atoms with Gasteiger partial charge in [-0.05, 0) is 36.6 Å². The first-order chi connectivity index (χ1) is 11.1. The van der Waals surface area contributed by atoms with Crippen molar-refractivity contribution in [3.63, 3.8) is 0 Å². The second-order valence-electron chi connectivity index (χ2n) is 5.59. The summed E-state index contributed by atoms with van der Waals surface area (Å²) >= 11 is 3.37. The molecule has 0 spiro atoms. The summed E-state index contributed by atoms with van der Waals surface area (Å²) in [7, 11) is 0. The molecule has 0 atom stereocenters. The minimum Gasteiger partial charge on any atom is -0.316 e. The number of benzene rings is 1. The van der Waals surface area contributed by atoms with E-state index in [0.29, 0.717) is 5.92 Å². The van der Waals surface area contributed by atoms with Crippen molar-refractivity contribution in [3.05, 3.63) is 59.2 Å². The molecule has 3 aromatic rings. The lowest BCUT2D eigenvalue weighted by atomic mass is 10.0. The molecular weight excluding hydrogens is 322 g/mol. The fourth-order valence-electron chi connectivity index (χ4n) is 2.24. The average molecular weight is 342 g/mol. The molecule has 5 heteroatoms. The zero-order valence-corrected chi connectivity index (χ0v) is 15.0. The van der Waals surface area contributed by atoms with Gasteiger partial charge in [-0.1, -0.05) is 43.8 Å². The van der Waals surface area contributed by atoms with Gasteiger partial charge in [0.05, 0.1) is 5.69 Å². The van der Waals surface area contributed by atoms with Crippen LogP contribution in [0.5, 0.6) is 0 Å². The van der Waals surface area contributed by atoms with Crippen molar-refractivity contribution in [3.8, 4) is 0 Å². The molecule has 0 bridgehead atoms. The first-order valence-corrected chi connectivity index (χ1v) is 9.23. The van der Waals surface area contributed by atoms with Gasteiger partial charge in [0.25, 0.3) is 0 Å². The second kappa shape index (κ2) is 7.15. The smallest absolute Gasteiger partial charge is 0.188 e. The second-order valence-corrected chi connectivity index (χ2v) is 7.56. The maximum absolute atomic E-state index is 4.42. The molecule has 0 saturated heterocycles. The van der Waals surface area contributed by atoms with Crippen molar-refractivity contribution in [1.82, 2.24) is 9.97 Å². The third-order valence-corrected chi connectivity index (χ3v) is 5.31. The Balaban J connectivity index is 1.80. The van der Waals surface area contributed by atoms with E-state index < -0.39 is 0 Å². The van der Waals surface area contributed by atoms with E-state index in [-0.39, 0.29) is 0 Å². The van der Waals surface area contributed by atoms with Crippen molar-refractivity contribution < 1.29 is 0 Å². The van der Waals surface area contributed by atoms with Gasteiger partial charge in [0.2, 0.25) is 0 Å². The van der Waals surface area contributed by atoms with Crippen LogP contribution in [0.2, 0.25) is 0 Å². The van der Waals surface area contributed by atoms with Gasteiger partial charge in [-0.3, -0.25) is 0 Å². The van der Waals surface area contributed by atoms with Crippen molar-refractivity contribution in [2.45, 2.75) is 36.5 Å². The highest BCUT2D eigenvalue weighted by Gasteiger charge is 2.08. The van der Waals surface area contributed by atoms with E-state index in [1.165, 1.54) is 15.4 Å². The van der Waals surface area contributed by atoms with Crippen molar-refractivity contribution >= 4 is 34.0 Å². The first-order valence-electron chi connectivity index (χ1n) is 7.54. The molecule has 1 N–H and O–H groups in total. The molecule has 0 radical (unpaired) electrons. The van der Waals surface area contributed by atoms with E-state index in [9.17, 15) is 0 Å². The van der Waals surface area contributed by atoms with Gasteiger partial charge < -0.3 is 5.32 Å². The number of rotatable bonds is 5. The van der Waals surface area contributed by atoms with E-state index in [0.717, 1.165) is 16.6 Å². The molecule has 0 aliphatic heterocycles. The topological polar surface area (TPSA) is 37.8 Å². The molecule has 0 fully saturated rings. The summed E-state index contributed by atoms with van der Waals surface area (Å²) in [6, 6.07) is 12.7. The van der Waals surface area contributed by atoms with Crippen LogP contribution in [0.15, 0.2) is 57.8 Å². The maximum atomic E-state index is 4.42. The van der Waals surface area contributed by atoms with Crippen LogP contribution in [0.4, 0.5) is 10.9 Å². The highest BCUT2D eigenvalue weighted by atomic mass is 32.2. The largest absolute Gasteiger partial charge is 0.316 e. The van der Waals surface area contributed by atoms with Crippen molar-refractivity contribution in [2.24, 2.45) is 0 Å². The molecule has 118 valence electrons. The number of aryl methyl sites for hydroxylation is 1. The van der Waals surface area contributed by atoms with Crippen LogP contribution in [0.25, 0.3) is 0 Å². The van der Waals surface area contributed by atoms with Crippen LogP contribution >= 0.6 is 23.1 Å². The van der Waals surface area contributed by atoms with Crippen LogP contribution in [0.3, 0.4) is 0 Å². The summed E-state index contributed by atoms with van der Waals surface area (Å²) in [6.45, 7) is 6.44. The summed E-state index contributed by atoms with van der Waals surface area (Å²) in [5.74, 6) is 1.34. The quantitative estimate of drug-likeness (QED) is 0.630. The molecule has 3 rings (SSSR count). The Morgan fingerprint density at radius 2 is 2.00 bits per heavy atom. The van der Waals surface area contributed by atoms with Gasteiger partial charge in [-0.25, -0.2) is 9.97 Å².